The van der Waals surface area contributed by atoms with E-state index in [1.807, 2.05) is 13.8 Å². The first-order valence-electron chi connectivity index (χ1n) is 11.8. The van der Waals surface area contributed by atoms with E-state index in [4.69, 9.17) is 9.47 Å². The van der Waals surface area contributed by atoms with Crippen LogP contribution in [0.25, 0.3) is 0 Å². The second-order valence-electron chi connectivity index (χ2n) is 11.5. The van der Waals surface area contributed by atoms with Crippen molar-refractivity contribution < 1.29 is 24.2 Å². The lowest BCUT2D eigenvalue weighted by Gasteiger charge is -2.59. The van der Waals surface area contributed by atoms with Crippen LogP contribution in [0.4, 0.5) is 0 Å². The number of aliphatic hydroxyl groups is 1. The SMILES string of the molecule is CC1(C)O[C@@H]2C[C@H]3[C@@H]4CC=C5C[C@H](O)CC[C@]5(C)[C@H]4CC[C@]3(C)[C@]2(C(=O)CC=O)O1. The Morgan fingerprint density at radius 2 is 1.97 bits per heavy atom. The molecule has 0 unspecified atom stereocenters. The van der Waals surface area contributed by atoms with Crippen molar-refractivity contribution in [1.82, 2.24) is 0 Å². The molecule has 1 heterocycles. The third-order valence-corrected chi connectivity index (χ3v) is 9.75. The van der Waals surface area contributed by atoms with Crippen LogP contribution in [-0.2, 0) is 19.1 Å². The third-order valence-electron chi connectivity index (χ3n) is 9.75. The quantitative estimate of drug-likeness (QED) is 0.428. The van der Waals surface area contributed by atoms with Crippen molar-refractivity contribution in [3.8, 4) is 0 Å². The van der Waals surface area contributed by atoms with E-state index in [0.29, 0.717) is 17.8 Å². The molecule has 1 aliphatic heterocycles. The van der Waals surface area contributed by atoms with E-state index in [9.17, 15) is 14.7 Å². The van der Waals surface area contributed by atoms with Gasteiger partial charge in [-0.25, -0.2) is 0 Å². The number of ketones is 1. The molecule has 0 amide bonds. The van der Waals surface area contributed by atoms with E-state index in [0.717, 1.165) is 51.2 Å². The Labute approximate surface area is 179 Å². The maximum Gasteiger partial charge on any atom is 0.175 e. The number of rotatable bonds is 3. The summed E-state index contributed by atoms with van der Waals surface area (Å²) in [6, 6.07) is 0. The molecule has 0 radical (unpaired) electrons. The molecule has 0 aromatic carbocycles. The number of ether oxygens (including phenoxy) is 2. The molecule has 166 valence electrons. The second-order valence-corrected chi connectivity index (χ2v) is 11.5. The van der Waals surface area contributed by atoms with Gasteiger partial charge in [0, 0.05) is 5.41 Å². The summed E-state index contributed by atoms with van der Waals surface area (Å²) < 4.78 is 12.8. The predicted molar refractivity (Wildman–Crippen MR) is 112 cm³/mol. The van der Waals surface area contributed by atoms with Crippen LogP contribution in [0.15, 0.2) is 11.6 Å². The Morgan fingerprint density at radius 1 is 1.20 bits per heavy atom. The minimum absolute atomic E-state index is 0.101. The van der Waals surface area contributed by atoms with Gasteiger partial charge in [0.25, 0.3) is 0 Å². The number of carbonyl (C=O) groups is 2. The number of hydrogen-bond acceptors (Lipinski definition) is 5. The highest BCUT2D eigenvalue weighted by molar-refractivity contribution is 5.98. The predicted octanol–water partition coefficient (Wildman–Crippen LogP) is 3.97. The smallest absolute Gasteiger partial charge is 0.175 e. The molecule has 5 rings (SSSR count). The van der Waals surface area contributed by atoms with E-state index in [2.05, 4.69) is 19.9 Å². The lowest BCUT2D eigenvalue weighted by atomic mass is 9.46. The number of Topliss-reactive ketones (excluding diaryl/α,β-unsaturated/α-hetero) is 1. The Kier molecular flexibility index (Phi) is 4.51. The van der Waals surface area contributed by atoms with Crippen LogP contribution in [0.2, 0.25) is 0 Å². The number of hydrogen-bond donors (Lipinski definition) is 1. The Bertz CT molecular complexity index is 801. The Morgan fingerprint density at radius 3 is 2.70 bits per heavy atom. The Hall–Kier alpha value is -1.04. The highest BCUT2D eigenvalue weighted by Gasteiger charge is 2.75. The molecule has 30 heavy (non-hydrogen) atoms. The molecule has 5 nitrogen and oxygen atoms in total. The summed E-state index contributed by atoms with van der Waals surface area (Å²) >= 11 is 0. The van der Waals surface area contributed by atoms with Crippen LogP contribution in [0, 0.1) is 28.6 Å². The van der Waals surface area contributed by atoms with Gasteiger partial charge in [-0.2, -0.15) is 0 Å². The first-order chi connectivity index (χ1) is 14.1. The average Bonchev–Trinajstić information content (AvgIpc) is 3.08. The van der Waals surface area contributed by atoms with Crippen LogP contribution < -0.4 is 0 Å². The zero-order chi connectivity index (χ0) is 21.5. The topological polar surface area (TPSA) is 72.8 Å². The summed E-state index contributed by atoms with van der Waals surface area (Å²) in [5, 5.41) is 10.2. The number of fused-ring (bicyclic) bond motifs is 7. The van der Waals surface area contributed by atoms with Crippen LogP contribution in [0.5, 0.6) is 0 Å². The molecule has 0 aromatic rings. The minimum Gasteiger partial charge on any atom is -0.393 e. The summed E-state index contributed by atoms with van der Waals surface area (Å²) in [6.07, 6.45) is 9.09. The number of allylic oxidation sites excluding steroid dienone is 1. The normalized spacial score (nSPS) is 51.2. The van der Waals surface area contributed by atoms with Crippen molar-refractivity contribution in [3.05, 3.63) is 11.6 Å². The molecule has 0 aromatic heterocycles. The van der Waals surface area contributed by atoms with Crippen molar-refractivity contribution in [2.45, 2.75) is 103 Å². The molecule has 8 atom stereocenters. The lowest BCUT2D eigenvalue weighted by molar-refractivity contribution is -0.214. The van der Waals surface area contributed by atoms with Gasteiger partial charge in [-0.1, -0.05) is 25.5 Å². The number of carbonyl (C=O) groups excluding carboxylic acids is 2. The molecule has 4 fully saturated rings. The maximum absolute atomic E-state index is 13.4. The van der Waals surface area contributed by atoms with E-state index < -0.39 is 11.4 Å². The van der Waals surface area contributed by atoms with Gasteiger partial charge >= 0.3 is 0 Å². The lowest BCUT2D eigenvalue weighted by Crippen LogP contribution is -2.60. The van der Waals surface area contributed by atoms with Crippen molar-refractivity contribution >= 4 is 12.1 Å². The van der Waals surface area contributed by atoms with Gasteiger partial charge in [-0.05, 0) is 82.0 Å². The molecular weight excluding hydrogens is 380 g/mol. The van der Waals surface area contributed by atoms with Gasteiger partial charge in [-0.15, -0.1) is 0 Å². The van der Waals surface area contributed by atoms with Gasteiger partial charge in [0.05, 0.1) is 18.6 Å². The molecule has 4 aliphatic carbocycles. The molecular formula is C25H36O5. The Balaban J connectivity index is 1.54. The number of aldehydes is 1. The first kappa shape index (κ1) is 20.8. The number of aliphatic hydroxyl groups excluding tert-OH is 1. The second kappa shape index (κ2) is 6.49. The first-order valence-corrected chi connectivity index (χ1v) is 11.8. The molecule has 0 bridgehead atoms. The fraction of sp³-hybridized carbons (Fsp3) is 0.840. The zero-order valence-corrected chi connectivity index (χ0v) is 18.8. The van der Waals surface area contributed by atoms with Gasteiger partial charge < -0.3 is 19.4 Å². The van der Waals surface area contributed by atoms with Crippen molar-refractivity contribution in [1.29, 1.82) is 0 Å². The van der Waals surface area contributed by atoms with Gasteiger partial charge in [0.1, 0.15) is 6.29 Å². The highest BCUT2D eigenvalue weighted by atomic mass is 16.8. The standard InChI is InChI=1S/C25H36O5/c1-22(2)29-21-14-19-17-6-5-15-13-16(27)7-10-23(15,3)18(17)8-11-24(19,4)25(21,30-22)20(28)9-12-26/h5,12,16-19,21,27H,6-11,13-14H2,1-4H3/t16-,17-,18+,19+,21-,23+,24+,25-/m1/s1. The van der Waals surface area contributed by atoms with Crippen molar-refractivity contribution in [3.63, 3.8) is 0 Å². The van der Waals surface area contributed by atoms with E-state index in [1.54, 1.807) is 0 Å². The van der Waals surface area contributed by atoms with Crippen LogP contribution >= 0.6 is 0 Å². The molecule has 0 spiro atoms. The van der Waals surface area contributed by atoms with Gasteiger partial charge in [0.15, 0.2) is 17.2 Å². The summed E-state index contributed by atoms with van der Waals surface area (Å²) in [5.41, 5.74) is 0.274. The van der Waals surface area contributed by atoms with Crippen molar-refractivity contribution in [2.75, 3.05) is 0 Å². The largest absolute Gasteiger partial charge is 0.393 e. The van der Waals surface area contributed by atoms with Crippen LogP contribution in [0.3, 0.4) is 0 Å². The molecule has 5 aliphatic rings. The minimum atomic E-state index is -1.01. The molecule has 3 saturated carbocycles. The van der Waals surface area contributed by atoms with E-state index in [-0.39, 0.29) is 35.2 Å². The molecule has 1 saturated heterocycles. The van der Waals surface area contributed by atoms with E-state index in [1.165, 1.54) is 5.57 Å². The van der Waals surface area contributed by atoms with Crippen molar-refractivity contribution in [2.24, 2.45) is 28.6 Å². The van der Waals surface area contributed by atoms with Gasteiger partial charge in [-0.3, -0.25) is 4.79 Å². The monoisotopic (exact) mass is 416 g/mol. The summed E-state index contributed by atoms with van der Waals surface area (Å²) in [5.74, 6) is 0.506. The summed E-state index contributed by atoms with van der Waals surface area (Å²) in [4.78, 5) is 24.7. The summed E-state index contributed by atoms with van der Waals surface area (Å²) in [6.45, 7) is 8.40. The van der Waals surface area contributed by atoms with Gasteiger partial charge in [0.2, 0.25) is 0 Å². The van der Waals surface area contributed by atoms with Crippen LogP contribution in [-0.4, -0.2) is 40.8 Å². The zero-order valence-electron chi connectivity index (χ0n) is 18.8. The molecule has 1 N–H and O–H groups in total. The third kappa shape index (κ3) is 2.52. The fourth-order valence-electron chi connectivity index (χ4n) is 8.47. The molecule has 5 heteroatoms. The maximum atomic E-state index is 13.4. The summed E-state index contributed by atoms with van der Waals surface area (Å²) in [7, 11) is 0. The average molecular weight is 417 g/mol. The van der Waals surface area contributed by atoms with E-state index >= 15 is 0 Å². The fourth-order valence-corrected chi connectivity index (χ4v) is 8.47. The highest BCUT2D eigenvalue weighted by Crippen LogP contribution is 2.70. The van der Waals surface area contributed by atoms with Crippen LogP contribution in [0.1, 0.15) is 79.1 Å².